The van der Waals surface area contributed by atoms with Crippen molar-refractivity contribution in [1.82, 2.24) is 10.3 Å². The molecule has 1 radical (unpaired) electrons. The quantitative estimate of drug-likeness (QED) is 0.718. The molecule has 1 aliphatic rings. The molecule has 0 atom stereocenters. The van der Waals surface area contributed by atoms with Crippen LogP contribution < -0.4 is 5.32 Å². The van der Waals surface area contributed by atoms with Crippen molar-refractivity contribution >= 4 is 11.3 Å². The lowest BCUT2D eigenvalue weighted by atomic mass is 10.1. The molecule has 3 rings (SSSR count). The molecule has 1 aromatic heterocycles. The molecule has 15 heavy (non-hydrogen) atoms. The van der Waals surface area contributed by atoms with Gasteiger partial charge in [-0.2, -0.15) is 0 Å². The number of nitrogens with zero attached hydrogens (tertiary/aromatic N) is 2. The Kier molecular flexibility index (Phi) is 2.08. The van der Waals surface area contributed by atoms with E-state index in [0.29, 0.717) is 0 Å². The van der Waals surface area contributed by atoms with Crippen molar-refractivity contribution in [2.24, 2.45) is 0 Å². The maximum Gasteiger partial charge on any atom is 0.0901 e. The molecule has 1 aliphatic heterocycles. The summed E-state index contributed by atoms with van der Waals surface area (Å²) < 4.78 is 0. The van der Waals surface area contributed by atoms with Gasteiger partial charge in [0.15, 0.2) is 0 Å². The number of hydrogen-bond donors (Lipinski definition) is 0. The molecule has 0 N–H and O–H groups in total. The summed E-state index contributed by atoms with van der Waals surface area (Å²) in [6, 6.07) is 6.55. The summed E-state index contributed by atoms with van der Waals surface area (Å²) in [5.74, 6) is 0. The van der Waals surface area contributed by atoms with Gasteiger partial charge < -0.3 is 0 Å². The minimum Gasteiger partial charge on any atom is -0.242 e. The molecule has 2 heterocycles. The predicted molar refractivity (Wildman–Crippen MR) is 61.8 cm³/mol. The van der Waals surface area contributed by atoms with Crippen molar-refractivity contribution in [3.8, 4) is 11.3 Å². The Morgan fingerprint density at radius 2 is 2.07 bits per heavy atom. The third-order valence-electron chi connectivity index (χ3n) is 2.69. The molecule has 0 aliphatic carbocycles. The van der Waals surface area contributed by atoms with Gasteiger partial charge in [-0.05, 0) is 24.1 Å². The summed E-state index contributed by atoms with van der Waals surface area (Å²) in [6.45, 7) is 3.79. The fourth-order valence-electron chi connectivity index (χ4n) is 1.88. The second kappa shape index (κ2) is 3.43. The van der Waals surface area contributed by atoms with E-state index in [9.17, 15) is 0 Å². The Morgan fingerprint density at radius 1 is 1.20 bits per heavy atom. The van der Waals surface area contributed by atoms with Gasteiger partial charge in [-0.1, -0.05) is 12.1 Å². The molecule has 0 saturated carbocycles. The lowest BCUT2D eigenvalue weighted by Gasteiger charge is -2.00. The Morgan fingerprint density at radius 3 is 2.87 bits per heavy atom. The van der Waals surface area contributed by atoms with Crippen molar-refractivity contribution < 1.29 is 0 Å². The maximum absolute atomic E-state index is 4.49. The lowest BCUT2D eigenvalue weighted by Crippen LogP contribution is -1.88. The van der Waals surface area contributed by atoms with Crippen LogP contribution in [0.4, 0.5) is 0 Å². The average Bonchev–Trinajstić information content (AvgIpc) is 2.84. The summed E-state index contributed by atoms with van der Waals surface area (Å²) in [4.78, 5) is 4.49. The van der Waals surface area contributed by atoms with E-state index in [2.05, 4.69) is 33.9 Å². The largest absolute Gasteiger partial charge is 0.242 e. The zero-order valence-electron chi connectivity index (χ0n) is 8.53. The van der Waals surface area contributed by atoms with Gasteiger partial charge in [0.05, 0.1) is 10.7 Å². The highest BCUT2D eigenvalue weighted by Gasteiger charge is 2.12. The molecule has 0 saturated heterocycles. The van der Waals surface area contributed by atoms with E-state index in [1.165, 1.54) is 16.7 Å². The van der Waals surface area contributed by atoms with Crippen molar-refractivity contribution in [3.05, 3.63) is 39.7 Å². The van der Waals surface area contributed by atoms with E-state index in [-0.39, 0.29) is 0 Å². The van der Waals surface area contributed by atoms with Crippen molar-refractivity contribution in [2.45, 2.75) is 20.0 Å². The molecule has 3 heteroatoms. The third-order valence-corrected chi connectivity index (χ3v) is 3.46. The van der Waals surface area contributed by atoms with Crippen LogP contribution in [0.1, 0.15) is 16.1 Å². The first kappa shape index (κ1) is 9.07. The van der Waals surface area contributed by atoms with E-state index >= 15 is 0 Å². The van der Waals surface area contributed by atoms with Crippen LogP contribution in [-0.2, 0) is 13.1 Å². The fourth-order valence-corrected chi connectivity index (χ4v) is 2.50. The van der Waals surface area contributed by atoms with E-state index < -0.39 is 0 Å². The molecule has 0 unspecified atom stereocenters. The highest BCUT2D eigenvalue weighted by molar-refractivity contribution is 7.09. The summed E-state index contributed by atoms with van der Waals surface area (Å²) in [6.07, 6.45) is 0. The average molecular weight is 215 g/mol. The zero-order chi connectivity index (χ0) is 10.3. The van der Waals surface area contributed by atoms with Crippen LogP contribution in [0, 0.1) is 6.92 Å². The molecule has 75 valence electrons. The van der Waals surface area contributed by atoms with E-state index in [1.807, 2.05) is 6.92 Å². The molecule has 0 amide bonds. The second-order valence-corrected chi connectivity index (χ2v) is 4.84. The van der Waals surface area contributed by atoms with Crippen LogP contribution in [0.25, 0.3) is 11.3 Å². The Hall–Kier alpha value is -1.19. The van der Waals surface area contributed by atoms with Crippen molar-refractivity contribution in [3.63, 3.8) is 0 Å². The van der Waals surface area contributed by atoms with Crippen LogP contribution in [-0.4, -0.2) is 4.98 Å². The first-order valence-corrected chi connectivity index (χ1v) is 5.88. The number of hydrogen-bond acceptors (Lipinski definition) is 2. The molecule has 1 aromatic carbocycles. The second-order valence-electron chi connectivity index (χ2n) is 3.78. The minimum absolute atomic E-state index is 0.867. The highest BCUT2D eigenvalue weighted by Crippen LogP contribution is 2.26. The summed E-state index contributed by atoms with van der Waals surface area (Å²) in [5, 5.41) is 7.61. The lowest BCUT2D eigenvalue weighted by molar-refractivity contribution is 0.746. The topological polar surface area (TPSA) is 27.0 Å². The summed E-state index contributed by atoms with van der Waals surface area (Å²) in [7, 11) is 0. The van der Waals surface area contributed by atoms with E-state index in [0.717, 1.165) is 23.8 Å². The Balaban J connectivity index is 2.06. The standard InChI is InChI=1S/C12H11N2S/c1-8-14-12(7-15-8)9-2-3-10-5-13-6-11(10)4-9/h2-4,7H,5-6H2,1H3. The van der Waals surface area contributed by atoms with Gasteiger partial charge in [-0.15, -0.1) is 11.3 Å². The van der Waals surface area contributed by atoms with Crippen LogP contribution >= 0.6 is 11.3 Å². The van der Waals surface area contributed by atoms with Gasteiger partial charge in [0, 0.05) is 24.0 Å². The SMILES string of the molecule is Cc1nc(-c2ccc3c(c2)C[N]C3)cs1. The van der Waals surface area contributed by atoms with Crippen molar-refractivity contribution in [2.75, 3.05) is 0 Å². The number of aromatic nitrogens is 1. The first-order valence-electron chi connectivity index (χ1n) is 5.00. The number of thiazole rings is 1. The molecule has 0 spiro atoms. The predicted octanol–water partition coefficient (Wildman–Crippen LogP) is 2.74. The summed E-state index contributed by atoms with van der Waals surface area (Å²) in [5.41, 5.74) is 5.03. The van der Waals surface area contributed by atoms with Crippen LogP contribution in [0.15, 0.2) is 23.6 Å². The number of fused-ring (bicyclic) bond motifs is 1. The maximum atomic E-state index is 4.49. The zero-order valence-corrected chi connectivity index (χ0v) is 9.34. The monoisotopic (exact) mass is 215 g/mol. The van der Waals surface area contributed by atoms with Gasteiger partial charge in [0.1, 0.15) is 0 Å². The van der Waals surface area contributed by atoms with E-state index in [4.69, 9.17) is 0 Å². The number of rotatable bonds is 1. The number of aryl methyl sites for hydroxylation is 1. The Labute approximate surface area is 93.0 Å². The van der Waals surface area contributed by atoms with Gasteiger partial charge in [-0.3, -0.25) is 0 Å². The summed E-state index contributed by atoms with van der Waals surface area (Å²) >= 11 is 1.70. The van der Waals surface area contributed by atoms with Crippen LogP contribution in [0.3, 0.4) is 0 Å². The molecule has 2 aromatic rings. The Bertz CT molecular complexity index is 502. The molecular weight excluding hydrogens is 204 g/mol. The van der Waals surface area contributed by atoms with Gasteiger partial charge >= 0.3 is 0 Å². The minimum atomic E-state index is 0.867. The first-order chi connectivity index (χ1) is 7.33. The highest BCUT2D eigenvalue weighted by atomic mass is 32.1. The van der Waals surface area contributed by atoms with E-state index in [1.54, 1.807) is 11.3 Å². The number of benzene rings is 1. The van der Waals surface area contributed by atoms with Gasteiger partial charge in [-0.25, -0.2) is 10.3 Å². The molecule has 2 nitrogen and oxygen atoms in total. The fraction of sp³-hybridized carbons (Fsp3) is 0.250. The normalized spacial score (nSPS) is 14.2. The molecule has 0 fully saturated rings. The third kappa shape index (κ3) is 1.58. The van der Waals surface area contributed by atoms with Crippen molar-refractivity contribution in [1.29, 1.82) is 0 Å². The molecular formula is C12H11N2S. The van der Waals surface area contributed by atoms with Gasteiger partial charge in [0.25, 0.3) is 0 Å². The smallest absolute Gasteiger partial charge is 0.0901 e. The molecule has 0 bridgehead atoms. The van der Waals surface area contributed by atoms with Crippen LogP contribution in [0.2, 0.25) is 0 Å². The van der Waals surface area contributed by atoms with Gasteiger partial charge in [0.2, 0.25) is 0 Å². The van der Waals surface area contributed by atoms with Crippen LogP contribution in [0.5, 0.6) is 0 Å².